The highest BCUT2D eigenvalue weighted by Gasteiger charge is 2.08. The Kier molecular flexibility index (Phi) is 3.23. The standard InChI is InChI=1S/C14H13N5O2/c1-19-7-9(6-18-19)5-15-13-11-3-2-10(14(20)21)4-12(11)16-8-17-13/h2-4,6-8H,5H2,1H3,(H,20,21)(H,15,16,17). The van der Waals surface area contributed by atoms with Gasteiger partial charge in [-0.2, -0.15) is 5.10 Å². The predicted molar refractivity (Wildman–Crippen MR) is 77.0 cm³/mol. The van der Waals surface area contributed by atoms with Gasteiger partial charge in [0.15, 0.2) is 0 Å². The minimum absolute atomic E-state index is 0.208. The van der Waals surface area contributed by atoms with Crippen LogP contribution in [0.5, 0.6) is 0 Å². The molecule has 0 spiro atoms. The number of carboxylic acids is 1. The molecule has 0 unspecified atom stereocenters. The fourth-order valence-corrected chi connectivity index (χ4v) is 2.08. The van der Waals surface area contributed by atoms with Crippen molar-refractivity contribution in [2.24, 2.45) is 7.05 Å². The Hall–Kier alpha value is -2.96. The number of nitrogens with zero attached hydrogens (tertiary/aromatic N) is 4. The smallest absolute Gasteiger partial charge is 0.335 e. The van der Waals surface area contributed by atoms with E-state index in [9.17, 15) is 4.79 Å². The van der Waals surface area contributed by atoms with Crippen LogP contribution in [0.4, 0.5) is 5.82 Å². The van der Waals surface area contributed by atoms with Crippen LogP contribution in [0.25, 0.3) is 10.9 Å². The lowest BCUT2D eigenvalue weighted by molar-refractivity contribution is 0.0697. The van der Waals surface area contributed by atoms with Crippen LogP contribution in [0.2, 0.25) is 0 Å². The number of hydrogen-bond acceptors (Lipinski definition) is 5. The molecule has 3 rings (SSSR count). The van der Waals surface area contributed by atoms with Crippen LogP contribution in [-0.2, 0) is 13.6 Å². The molecule has 21 heavy (non-hydrogen) atoms. The van der Waals surface area contributed by atoms with E-state index in [0.29, 0.717) is 17.9 Å². The van der Waals surface area contributed by atoms with Gasteiger partial charge in [-0.15, -0.1) is 0 Å². The predicted octanol–water partition coefficient (Wildman–Crippen LogP) is 1.67. The average molecular weight is 283 g/mol. The van der Waals surface area contributed by atoms with E-state index in [1.807, 2.05) is 13.2 Å². The van der Waals surface area contributed by atoms with E-state index in [2.05, 4.69) is 20.4 Å². The van der Waals surface area contributed by atoms with Crippen LogP contribution in [0.1, 0.15) is 15.9 Å². The Labute approximate surface area is 120 Å². The van der Waals surface area contributed by atoms with Crippen LogP contribution in [-0.4, -0.2) is 30.8 Å². The van der Waals surface area contributed by atoms with Gasteiger partial charge in [0.2, 0.25) is 0 Å². The molecule has 0 aliphatic heterocycles. The number of rotatable bonds is 4. The molecule has 0 amide bonds. The lowest BCUT2D eigenvalue weighted by atomic mass is 10.1. The maximum absolute atomic E-state index is 11.0. The summed E-state index contributed by atoms with van der Waals surface area (Å²) in [6, 6.07) is 4.79. The van der Waals surface area contributed by atoms with Crippen molar-refractivity contribution in [3.8, 4) is 0 Å². The molecule has 0 fully saturated rings. The fourth-order valence-electron chi connectivity index (χ4n) is 2.08. The molecule has 3 aromatic rings. The molecule has 1 aromatic carbocycles. The van der Waals surface area contributed by atoms with Crippen molar-refractivity contribution in [2.45, 2.75) is 6.54 Å². The van der Waals surface area contributed by atoms with Crippen molar-refractivity contribution < 1.29 is 9.90 Å². The lowest BCUT2D eigenvalue weighted by Crippen LogP contribution is -2.03. The summed E-state index contributed by atoms with van der Waals surface area (Å²) >= 11 is 0. The van der Waals surface area contributed by atoms with Crippen LogP contribution in [0.15, 0.2) is 36.9 Å². The fraction of sp³-hybridized carbons (Fsp3) is 0.143. The van der Waals surface area contributed by atoms with Gasteiger partial charge in [0.25, 0.3) is 0 Å². The van der Waals surface area contributed by atoms with E-state index in [1.165, 1.54) is 12.4 Å². The van der Waals surface area contributed by atoms with Gasteiger partial charge >= 0.3 is 5.97 Å². The second kappa shape index (κ2) is 5.20. The van der Waals surface area contributed by atoms with Crippen LogP contribution < -0.4 is 5.32 Å². The molecule has 7 heteroatoms. The second-order valence-corrected chi connectivity index (χ2v) is 4.64. The molecular weight excluding hydrogens is 270 g/mol. The molecule has 106 valence electrons. The minimum Gasteiger partial charge on any atom is -0.478 e. The van der Waals surface area contributed by atoms with Gasteiger partial charge in [0, 0.05) is 30.7 Å². The van der Waals surface area contributed by atoms with E-state index >= 15 is 0 Å². The second-order valence-electron chi connectivity index (χ2n) is 4.64. The number of hydrogen-bond donors (Lipinski definition) is 2. The lowest BCUT2D eigenvalue weighted by Gasteiger charge is -2.07. The van der Waals surface area contributed by atoms with Crippen molar-refractivity contribution >= 4 is 22.7 Å². The molecule has 0 aliphatic rings. The van der Waals surface area contributed by atoms with Crippen LogP contribution in [0.3, 0.4) is 0 Å². The Bertz CT molecular complexity index is 812. The molecule has 0 atom stereocenters. The van der Waals surface area contributed by atoms with Gasteiger partial charge in [-0.05, 0) is 18.2 Å². The van der Waals surface area contributed by atoms with Gasteiger partial charge in [-0.1, -0.05) is 0 Å². The summed E-state index contributed by atoms with van der Waals surface area (Å²) in [5.74, 6) is -0.304. The molecule has 2 aromatic heterocycles. The molecule has 2 heterocycles. The first-order valence-electron chi connectivity index (χ1n) is 6.33. The zero-order valence-electron chi connectivity index (χ0n) is 11.3. The summed E-state index contributed by atoms with van der Waals surface area (Å²) < 4.78 is 1.73. The zero-order valence-corrected chi connectivity index (χ0v) is 11.3. The Morgan fingerprint density at radius 1 is 1.38 bits per heavy atom. The highest BCUT2D eigenvalue weighted by atomic mass is 16.4. The first-order chi connectivity index (χ1) is 10.1. The van der Waals surface area contributed by atoms with Gasteiger partial charge in [0.05, 0.1) is 17.3 Å². The number of nitrogens with one attached hydrogen (secondary N) is 1. The Morgan fingerprint density at radius 2 is 2.24 bits per heavy atom. The summed E-state index contributed by atoms with van der Waals surface area (Å²) in [5, 5.41) is 17.1. The van der Waals surface area contributed by atoms with Gasteiger partial charge in [-0.25, -0.2) is 14.8 Å². The molecule has 0 saturated heterocycles. The third-order valence-electron chi connectivity index (χ3n) is 3.10. The maximum Gasteiger partial charge on any atom is 0.335 e. The number of carbonyl (C=O) groups is 1. The molecule has 0 aliphatic carbocycles. The number of anilines is 1. The van der Waals surface area contributed by atoms with Crippen molar-refractivity contribution in [1.29, 1.82) is 0 Å². The first-order valence-corrected chi connectivity index (χ1v) is 6.33. The van der Waals surface area contributed by atoms with E-state index in [0.717, 1.165) is 10.9 Å². The largest absolute Gasteiger partial charge is 0.478 e. The van der Waals surface area contributed by atoms with E-state index in [1.54, 1.807) is 23.0 Å². The third-order valence-corrected chi connectivity index (χ3v) is 3.10. The zero-order chi connectivity index (χ0) is 14.8. The van der Waals surface area contributed by atoms with Crippen LogP contribution in [0, 0.1) is 0 Å². The highest BCUT2D eigenvalue weighted by Crippen LogP contribution is 2.21. The SMILES string of the molecule is Cn1cc(CNc2ncnc3cc(C(=O)O)ccc23)cn1. The van der Waals surface area contributed by atoms with Gasteiger partial charge in [0.1, 0.15) is 12.1 Å². The number of carboxylic acid groups (broad SMARTS) is 1. The summed E-state index contributed by atoms with van der Waals surface area (Å²) in [5.41, 5.74) is 1.84. The van der Waals surface area contributed by atoms with Crippen molar-refractivity contribution in [1.82, 2.24) is 19.7 Å². The molecule has 0 bridgehead atoms. The highest BCUT2D eigenvalue weighted by molar-refractivity contribution is 5.96. The Balaban J connectivity index is 1.90. The van der Waals surface area contributed by atoms with Crippen LogP contribution >= 0.6 is 0 Å². The van der Waals surface area contributed by atoms with Crippen molar-refractivity contribution in [3.05, 3.63) is 48.0 Å². The molecule has 7 nitrogen and oxygen atoms in total. The maximum atomic E-state index is 11.0. The van der Waals surface area contributed by atoms with Gasteiger partial charge in [-0.3, -0.25) is 4.68 Å². The number of aromatic nitrogens is 4. The van der Waals surface area contributed by atoms with Gasteiger partial charge < -0.3 is 10.4 Å². The third kappa shape index (κ3) is 2.66. The normalized spacial score (nSPS) is 10.7. The number of fused-ring (bicyclic) bond motifs is 1. The first kappa shape index (κ1) is 13.0. The topological polar surface area (TPSA) is 92.9 Å². The molecule has 0 saturated carbocycles. The molecule has 0 radical (unpaired) electrons. The Morgan fingerprint density at radius 3 is 2.95 bits per heavy atom. The molecule has 2 N–H and O–H groups in total. The summed E-state index contributed by atoms with van der Waals surface area (Å²) in [6.45, 7) is 0.584. The van der Waals surface area contributed by atoms with E-state index < -0.39 is 5.97 Å². The molecular formula is C14H13N5O2. The monoisotopic (exact) mass is 283 g/mol. The van der Waals surface area contributed by atoms with E-state index in [-0.39, 0.29) is 5.56 Å². The number of aromatic carboxylic acids is 1. The minimum atomic E-state index is -0.972. The summed E-state index contributed by atoms with van der Waals surface area (Å²) in [4.78, 5) is 19.3. The number of benzene rings is 1. The van der Waals surface area contributed by atoms with E-state index in [4.69, 9.17) is 5.11 Å². The van der Waals surface area contributed by atoms with Crippen molar-refractivity contribution in [3.63, 3.8) is 0 Å². The average Bonchev–Trinajstić information content (AvgIpc) is 2.90. The number of aryl methyl sites for hydroxylation is 1. The summed E-state index contributed by atoms with van der Waals surface area (Å²) in [6.07, 6.45) is 5.11. The van der Waals surface area contributed by atoms with Crippen molar-refractivity contribution in [2.75, 3.05) is 5.32 Å². The summed E-state index contributed by atoms with van der Waals surface area (Å²) in [7, 11) is 1.86. The quantitative estimate of drug-likeness (QED) is 0.756.